The zero-order valence-corrected chi connectivity index (χ0v) is 11.7. The smallest absolute Gasteiger partial charge is 0.147 e. The summed E-state index contributed by atoms with van der Waals surface area (Å²) < 4.78 is 0. The summed E-state index contributed by atoms with van der Waals surface area (Å²) in [5.41, 5.74) is 1.16. The maximum Gasteiger partial charge on any atom is 0.147 e. The van der Waals surface area contributed by atoms with Crippen LogP contribution >= 0.6 is 0 Å². The molecule has 1 fully saturated rings. The number of anilines is 2. The lowest BCUT2D eigenvalue weighted by Crippen LogP contribution is -2.35. The van der Waals surface area contributed by atoms with Gasteiger partial charge in [-0.05, 0) is 25.0 Å². The first kappa shape index (κ1) is 12.8. The average Bonchev–Trinajstić information content (AvgIpc) is 2.56. The Hall–Kier alpha value is -2.17. The molecular formula is C15H19N5. The minimum absolute atomic E-state index is 0.457. The van der Waals surface area contributed by atoms with E-state index in [2.05, 4.69) is 37.3 Å². The van der Waals surface area contributed by atoms with Crippen molar-refractivity contribution in [3.63, 3.8) is 0 Å². The van der Waals surface area contributed by atoms with Crippen LogP contribution in [0.3, 0.4) is 0 Å². The van der Waals surface area contributed by atoms with Crippen molar-refractivity contribution >= 4 is 11.6 Å². The van der Waals surface area contributed by atoms with Crippen molar-refractivity contribution < 1.29 is 0 Å². The van der Waals surface area contributed by atoms with Crippen molar-refractivity contribution in [2.24, 2.45) is 0 Å². The maximum absolute atomic E-state index is 4.67. The molecule has 3 rings (SSSR count). The summed E-state index contributed by atoms with van der Waals surface area (Å²) in [5.74, 6) is 2.35. The molecule has 2 aromatic rings. The lowest BCUT2D eigenvalue weighted by Gasteiger charge is -2.33. The van der Waals surface area contributed by atoms with Crippen LogP contribution in [0.4, 0.5) is 11.6 Å². The third-order valence-corrected chi connectivity index (χ3v) is 3.74. The maximum atomic E-state index is 4.67. The zero-order chi connectivity index (χ0) is 13.8. The number of rotatable bonds is 3. The van der Waals surface area contributed by atoms with E-state index in [1.807, 2.05) is 19.3 Å². The molecule has 5 nitrogen and oxygen atoms in total. The van der Waals surface area contributed by atoms with Crippen LogP contribution in [0, 0.1) is 0 Å². The van der Waals surface area contributed by atoms with Gasteiger partial charge in [0.25, 0.3) is 0 Å². The number of hydrogen-bond donors (Lipinski definition) is 1. The summed E-state index contributed by atoms with van der Waals surface area (Å²) >= 11 is 0. The van der Waals surface area contributed by atoms with Crippen LogP contribution < -0.4 is 10.2 Å². The van der Waals surface area contributed by atoms with Gasteiger partial charge in [0.15, 0.2) is 0 Å². The Morgan fingerprint density at radius 3 is 3.05 bits per heavy atom. The highest BCUT2D eigenvalue weighted by atomic mass is 15.2. The fourth-order valence-corrected chi connectivity index (χ4v) is 2.70. The molecule has 0 amide bonds. The highest BCUT2D eigenvalue weighted by molar-refractivity contribution is 5.39. The molecule has 0 radical (unpaired) electrons. The normalized spacial score (nSPS) is 18.9. The van der Waals surface area contributed by atoms with E-state index in [9.17, 15) is 0 Å². The molecule has 0 bridgehead atoms. The first-order chi connectivity index (χ1) is 9.86. The standard InChI is InChI=1S/C15H19N5/c1-16-14-6-2-5-13(19-14)12-4-3-9-20(11-12)15-10-17-7-8-18-15/h2,5-8,10,12H,3-4,9,11H2,1H3,(H,16,19)/t12-/m0/s1. The Balaban J connectivity index is 1.78. The number of nitrogens with one attached hydrogen (secondary N) is 1. The van der Waals surface area contributed by atoms with E-state index in [-0.39, 0.29) is 0 Å². The molecule has 3 heterocycles. The van der Waals surface area contributed by atoms with Crippen molar-refractivity contribution in [1.82, 2.24) is 15.0 Å². The van der Waals surface area contributed by atoms with E-state index in [4.69, 9.17) is 0 Å². The number of aromatic nitrogens is 3. The highest BCUT2D eigenvalue weighted by Crippen LogP contribution is 2.28. The van der Waals surface area contributed by atoms with Gasteiger partial charge in [-0.1, -0.05) is 6.07 Å². The predicted octanol–water partition coefficient (Wildman–Crippen LogP) is 2.30. The van der Waals surface area contributed by atoms with E-state index in [1.165, 1.54) is 6.42 Å². The van der Waals surface area contributed by atoms with Crippen molar-refractivity contribution in [3.8, 4) is 0 Å². The number of piperidine rings is 1. The Labute approximate surface area is 119 Å². The molecule has 0 aromatic carbocycles. The van der Waals surface area contributed by atoms with Crippen LogP contribution in [0.5, 0.6) is 0 Å². The van der Waals surface area contributed by atoms with Gasteiger partial charge >= 0.3 is 0 Å². The van der Waals surface area contributed by atoms with E-state index >= 15 is 0 Å². The molecule has 2 aromatic heterocycles. The second-order valence-electron chi connectivity index (χ2n) is 5.05. The van der Waals surface area contributed by atoms with E-state index in [0.29, 0.717) is 5.92 Å². The fraction of sp³-hybridized carbons (Fsp3) is 0.400. The van der Waals surface area contributed by atoms with Gasteiger partial charge in [0.1, 0.15) is 11.6 Å². The first-order valence-corrected chi connectivity index (χ1v) is 7.02. The average molecular weight is 269 g/mol. The molecule has 0 unspecified atom stereocenters. The SMILES string of the molecule is CNc1cccc([C@H]2CCCN(c3cnccn3)C2)n1. The van der Waals surface area contributed by atoms with Crippen molar-refractivity contribution in [2.75, 3.05) is 30.4 Å². The lowest BCUT2D eigenvalue weighted by atomic mass is 9.94. The topological polar surface area (TPSA) is 53.9 Å². The zero-order valence-electron chi connectivity index (χ0n) is 11.7. The molecule has 1 N–H and O–H groups in total. The molecule has 1 aliphatic heterocycles. The third-order valence-electron chi connectivity index (χ3n) is 3.74. The van der Waals surface area contributed by atoms with Crippen molar-refractivity contribution in [3.05, 3.63) is 42.5 Å². The van der Waals surface area contributed by atoms with Crippen LogP contribution in [0.25, 0.3) is 0 Å². The number of hydrogen-bond acceptors (Lipinski definition) is 5. The van der Waals surface area contributed by atoms with Crippen LogP contribution in [-0.4, -0.2) is 35.1 Å². The van der Waals surface area contributed by atoms with Gasteiger partial charge < -0.3 is 10.2 Å². The van der Waals surface area contributed by atoms with Crippen LogP contribution in [0.15, 0.2) is 36.8 Å². The summed E-state index contributed by atoms with van der Waals surface area (Å²) in [6.07, 6.45) is 7.63. The molecule has 1 saturated heterocycles. The molecule has 1 aliphatic rings. The van der Waals surface area contributed by atoms with Gasteiger partial charge in [-0.15, -0.1) is 0 Å². The molecule has 1 atom stereocenters. The summed E-state index contributed by atoms with van der Waals surface area (Å²) in [6.45, 7) is 2.00. The largest absolute Gasteiger partial charge is 0.373 e. The van der Waals surface area contributed by atoms with Crippen LogP contribution in [-0.2, 0) is 0 Å². The molecule has 0 aliphatic carbocycles. The molecule has 0 spiro atoms. The minimum atomic E-state index is 0.457. The van der Waals surface area contributed by atoms with Crippen molar-refractivity contribution in [1.29, 1.82) is 0 Å². The van der Waals surface area contributed by atoms with Crippen molar-refractivity contribution in [2.45, 2.75) is 18.8 Å². The molecule has 0 saturated carbocycles. The third kappa shape index (κ3) is 2.71. The summed E-state index contributed by atoms with van der Waals surface area (Å²) in [7, 11) is 1.90. The number of pyridine rings is 1. The monoisotopic (exact) mass is 269 g/mol. The molecule has 5 heteroatoms. The summed E-state index contributed by atoms with van der Waals surface area (Å²) in [4.78, 5) is 15.5. The van der Waals surface area contributed by atoms with E-state index in [1.54, 1.807) is 12.4 Å². The highest BCUT2D eigenvalue weighted by Gasteiger charge is 2.23. The minimum Gasteiger partial charge on any atom is -0.373 e. The van der Waals surface area contributed by atoms with Gasteiger partial charge in [-0.25, -0.2) is 9.97 Å². The Kier molecular flexibility index (Phi) is 3.76. The Bertz CT molecular complexity index is 557. The lowest BCUT2D eigenvalue weighted by molar-refractivity contribution is 0.498. The quantitative estimate of drug-likeness (QED) is 0.926. The summed E-state index contributed by atoms with van der Waals surface area (Å²) in [6, 6.07) is 6.17. The van der Waals surface area contributed by atoms with Gasteiger partial charge in [-0.3, -0.25) is 4.98 Å². The van der Waals surface area contributed by atoms with Crippen LogP contribution in [0.1, 0.15) is 24.5 Å². The second-order valence-corrected chi connectivity index (χ2v) is 5.05. The molecule has 20 heavy (non-hydrogen) atoms. The first-order valence-electron chi connectivity index (χ1n) is 7.02. The van der Waals surface area contributed by atoms with Gasteiger partial charge in [0.05, 0.1) is 6.20 Å². The number of nitrogens with zero attached hydrogens (tertiary/aromatic N) is 4. The van der Waals surface area contributed by atoms with E-state index in [0.717, 1.165) is 36.8 Å². The predicted molar refractivity (Wildman–Crippen MR) is 80.0 cm³/mol. The summed E-state index contributed by atoms with van der Waals surface area (Å²) in [5, 5.41) is 3.10. The Morgan fingerprint density at radius 1 is 1.30 bits per heavy atom. The van der Waals surface area contributed by atoms with E-state index < -0.39 is 0 Å². The molecular weight excluding hydrogens is 250 g/mol. The van der Waals surface area contributed by atoms with Gasteiger partial charge in [0, 0.05) is 44.1 Å². The Morgan fingerprint density at radius 2 is 2.25 bits per heavy atom. The van der Waals surface area contributed by atoms with Gasteiger partial charge in [-0.2, -0.15) is 0 Å². The van der Waals surface area contributed by atoms with Crippen LogP contribution in [0.2, 0.25) is 0 Å². The fourth-order valence-electron chi connectivity index (χ4n) is 2.70. The van der Waals surface area contributed by atoms with Gasteiger partial charge in [0.2, 0.25) is 0 Å². The second kappa shape index (κ2) is 5.86. The molecule has 104 valence electrons.